The number of hydrogen-bond donors (Lipinski definition) is 2. The average Bonchev–Trinajstić information content (AvgIpc) is 3.21. The molecule has 7 heteroatoms. The SMILES string of the molecule is CSc1cccc(NC(=O)C(=O)NCC2CCN(C3CCSC3)CC2)c1. The number of carbonyl (C=O) groups excluding carboxylic acids is 2. The molecule has 0 radical (unpaired) electrons. The van der Waals surface area contributed by atoms with Crippen LogP contribution in [0.1, 0.15) is 19.3 Å². The lowest BCUT2D eigenvalue weighted by Gasteiger charge is -2.35. The zero-order valence-electron chi connectivity index (χ0n) is 15.2. The van der Waals surface area contributed by atoms with Crippen molar-refractivity contribution in [3.8, 4) is 0 Å². The number of anilines is 1. The second-order valence-corrected chi connectivity index (χ2v) is 8.92. The van der Waals surface area contributed by atoms with Gasteiger partial charge in [0.15, 0.2) is 0 Å². The first kappa shape index (κ1) is 19.6. The molecular formula is C19H27N3O2S2. The first-order valence-corrected chi connectivity index (χ1v) is 11.6. The number of benzene rings is 1. The van der Waals surface area contributed by atoms with Crippen LogP contribution < -0.4 is 10.6 Å². The molecule has 0 aromatic heterocycles. The van der Waals surface area contributed by atoms with Crippen LogP contribution >= 0.6 is 23.5 Å². The Morgan fingerprint density at radius 3 is 2.73 bits per heavy atom. The lowest BCUT2D eigenvalue weighted by atomic mass is 9.95. The van der Waals surface area contributed by atoms with Gasteiger partial charge in [-0.05, 0) is 68.5 Å². The van der Waals surface area contributed by atoms with E-state index in [-0.39, 0.29) is 0 Å². The highest BCUT2D eigenvalue weighted by atomic mass is 32.2. The van der Waals surface area contributed by atoms with Crippen molar-refractivity contribution in [2.45, 2.75) is 30.2 Å². The number of piperidine rings is 1. The lowest BCUT2D eigenvalue weighted by Crippen LogP contribution is -2.45. The molecule has 0 bridgehead atoms. The molecule has 1 aromatic rings. The maximum Gasteiger partial charge on any atom is 0.313 e. The maximum absolute atomic E-state index is 12.1. The Hall–Kier alpha value is -1.18. The van der Waals surface area contributed by atoms with Gasteiger partial charge in [-0.2, -0.15) is 11.8 Å². The summed E-state index contributed by atoms with van der Waals surface area (Å²) >= 11 is 3.65. The van der Waals surface area contributed by atoms with E-state index in [0.29, 0.717) is 18.2 Å². The van der Waals surface area contributed by atoms with Gasteiger partial charge in [-0.15, -0.1) is 11.8 Å². The van der Waals surface area contributed by atoms with Crippen molar-refractivity contribution in [2.24, 2.45) is 5.92 Å². The molecular weight excluding hydrogens is 366 g/mol. The lowest BCUT2D eigenvalue weighted by molar-refractivity contribution is -0.136. The summed E-state index contributed by atoms with van der Waals surface area (Å²) in [5, 5.41) is 5.48. The molecule has 1 aromatic carbocycles. The summed E-state index contributed by atoms with van der Waals surface area (Å²) in [6.07, 6.45) is 5.48. The van der Waals surface area contributed by atoms with E-state index < -0.39 is 11.8 Å². The van der Waals surface area contributed by atoms with E-state index >= 15 is 0 Å². The molecule has 2 N–H and O–H groups in total. The average molecular weight is 394 g/mol. The fourth-order valence-electron chi connectivity index (χ4n) is 3.54. The predicted molar refractivity (Wildman–Crippen MR) is 110 cm³/mol. The van der Waals surface area contributed by atoms with Gasteiger partial charge >= 0.3 is 11.8 Å². The third-order valence-corrected chi connectivity index (χ3v) is 7.03. The van der Waals surface area contributed by atoms with E-state index in [2.05, 4.69) is 27.3 Å². The van der Waals surface area contributed by atoms with Crippen molar-refractivity contribution in [1.29, 1.82) is 0 Å². The van der Waals surface area contributed by atoms with E-state index in [1.54, 1.807) is 17.8 Å². The number of carbonyl (C=O) groups is 2. The minimum absolute atomic E-state index is 0.469. The Kier molecular flexibility index (Phi) is 7.28. The summed E-state index contributed by atoms with van der Waals surface area (Å²) in [5.41, 5.74) is 0.653. The number of likely N-dealkylation sites (tertiary alicyclic amines) is 1. The van der Waals surface area contributed by atoms with Crippen LogP contribution in [-0.4, -0.2) is 60.2 Å². The highest BCUT2D eigenvalue weighted by molar-refractivity contribution is 7.99. The van der Waals surface area contributed by atoms with Gasteiger partial charge in [0.1, 0.15) is 0 Å². The molecule has 3 rings (SSSR count). The summed E-state index contributed by atoms with van der Waals surface area (Å²) < 4.78 is 0. The second-order valence-electron chi connectivity index (χ2n) is 6.89. The topological polar surface area (TPSA) is 61.4 Å². The Morgan fingerprint density at radius 1 is 1.23 bits per heavy atom. The van der Waals surface area contributed by atoms with Crippen molar-refractivity contribution in [2.75, 3.05) is 42.7 Å². The predicted octanol–water partition coefficient (Wildman–Crippen LogP) is 2.68. The molecule has 2 fully saturated rings. The van der Waals surface area contributed by atoms with Gasteiger partial charge in [-0.1, -0.05) is 6.07 Å². The monoisotopic (exact) mass is 393 g/mol. The summed E-state index contributed by atoms with van der Waals surface area (Å²) in [6, 6.07) is 8.25. The Balaban J connectivity index is 1.39. The van der Waals surface area contributed by atoms with Crippen molar-refractivity contribution in [1.82, 2.24) is 10.2 Å². The van der Waals surface area contributed by atoms with Crippen molar-refractivity contribution in [3.63, 3.8) is 0 Å². The molecule has 0 spiro atoms. The van der Waals surface area contributed by atoms with Gasteiger partial charge in [-0.25, -0.2) is 0 Å². The van der Waals surface area contributed by atoms with Gasteiger partial charge in [0, 0.05) is 28.9 Å². The highest BCUT2D eigenvalue weighted by Crippen LogP contribution is 2.26. The van der Waals surface area contributed by atoms with Crippen molar-refractivity contribution in [3.05, 3.63) is 24.3 Å². The van der Waals surface area contributed by atoms with Gasteiger partial charge in [0.05, 0.1) is 0 Å². The molecule has 2 amide bonds. The Morgan fingerprint density at radius 2 is 2.04 bits per heavy atom. The van der Waals surface area contributed by atoms with E-state index in [4.69, 9.17) is 0 Å². The van der Waals surface area contributed by atoms with Crippen molar-refractivity contribution >= 4 is 41.0 Å². The first-order valence-electron chi connectivity index (χ1n) is 9.20. The zero-order valence-corrected chi connectivity index (χ0v) is 16.8. The molecule has 2 aliphatic heterocycles. The molecule has 0 saturated carbocycles. The van der Waals surface area contributed by atoms with Gasteiger partial charge in [-0.3, -0.25) is 14.5 Å². The van der Waals surface area contributed by atoms with Crippen LogP contribution in [0.25, 0.3) is 0 Å². The largest absolute Gasteiger partial charge is 0.348 e. The molecule has 1 unspecified atom stereocenters. The third-order valence-electron chi connectivity index (χ3n) is 5.16. The van der Waals surface area contributed by atoms with E-state index in [9.17, 15) is 9.59 Å². The fraction of sp³-hybridized carbons (Fsp3) is 0.579. The fourth-order valence-corrected chi connectivity index (χ4v) is 5.25. The van der Waals surface area contributed by atoms with Crippen LogP contribution in [0.2, 0.25) is 0 Å². The highest BCUT2D eigenvalue weighted by Gasteiger charge is 2.27. The summed E-state index contributed by atoms with van der Waals surface area (Å²) in [6.45, 7) is 2.81. The van der Waals surface area contributed by atoms with Crippen LogP contribution in [0.5, 0.6) is 0 Å². The van der Waals surface area contributed by atoms with Crippen LogP contribution in [0.3, 0.4) is 0 Å². The Labute approximate surface area is 164 Å². The standard InChI is InChI=1S/C19H27N3O2S2/c1-25-17-4-2-3-15(11-17)21-19(24)18(23)20-12-14-5-8-22(9-6-14)16-7-10-26-13-16/h2-4,11,14,16H,5-10,12-13H2,1H3,(H,20,23)(H,21,24). The van der Waals surface area contributed by atoms with Crippen LogP contribution in [-0.2, 0) is 9.59 Å². The number of rotatable bonds is 5. The number of hydrogen-bond acceptors (Lipinski definition) is 5. The summed E-state index contributed by atoms with van der Waals surface area (Å²) in [5.74, 6) is 1.88. The molecule has 2 heterocycles. The van der Waals surface area contributed by atoms with Gasteiger partial charge in [0.2, 0.25) is 0 Å². The number of nitrogens with zero attached hydrogens (tertiary/aromatic N) is 1. The summed E-state index contributed by atoms with van der Waals surface area (Å²) in [4.78, 5) is 27.8. The second kappa shape index (κ2) is 9.67. The van der Waals surface area contributed by atoms with Crippen molar-refractivity contribution < 1.29 is 9.59 Å². The maximum atomic E-state index is 12.1. The third kappa shape index (κ3) is 5.41. The molecule has 2 saturated heterocycles. The smallest absolute Gasteiger partial charge is 0.313 e. The first-order chi connectivity index (χ1) is 12.7. The van der Waals surface area contributed by atoms with E-state index in [1.165, 1.54) is 17.9 Å². The van der Waals surface area contributed by atoms with E-state index in [1.807, 2.05) is 24.5 Å². The van der Waals surface area contributed by atoms with Crippen LogP contribution in [0.15, 0.2) is 29.2 Å². The Bertz CT molecular complexity index is 627. The molecule has 26 heavy (non-hydrogen) atoms. The van der Waals surface area contributed by atoms with Crippen LogP contribution in [0.4, 0.5) is 5.69 Å². The number of amides is 2. The number of nitrogens with one attached hydrogen (secondary N) is 2. The zero-order chi connectivity index (χ0) is 18.4. The molecule has 1 atom stereocenters. The molecule has 5 nitrogen and oxygen atoms in total. The normalized spacial score (nSPS) is 21.5. The quantitative estimate of drug-likeness (QED) is 0.595. The molecule has 142 valence electrons. The van der Waals surface area contributed by atoms with Gasteiger partial charge in [0.25, 0.3) is 0 Å². The van der Waals surface area contributed by atoms with Crippen LogP contribution in [0, 0.1) is 5.92 Å². The summed E-state index contributed by atoms with van der Waals surface area (Å²) in [7, 11) is 0. The molecule has 0 aliphatic carbocycles. The van der Waals surface area contributed by atoms with Gasteiger partial charge < -0.3 is 10.6 Å². The minimum Gasteiger partial charge on any atom is -0.348 e. The van der Waals surface area contributed by atoms with E-state index in [0.717, 1.165) is 36.9 Å². The number of thioether (sulfide) groups is 2. The molecule has 2 aliphatic rings. The minimum atomic E-state index is -0.594.